The van der Waals surface area contributed by atoms with Gasteiger partial charge in [-0.15, -0.1) is 0 Å². The normalized spacial score (nSPS) is 17.6. The highest BCUT2D eigenvalue weighted by Crippen LogP contribution is 2.32. The third-order valence-corrected chi connectivity index (χ3v) is 3.74. The quantitative estimate of drug-likeness (QED) is 0.881. The van der Waals surface area contributed by atoms with Crippen LogP contribution in [0.5, 0.6) is 11.5 Å². The van der Waals surface area contributed by atoms with Crippen LogP contribution in [-0.2, 0) is 0 Å². The highest BCUT2D eigenvalue weighted by atomic mass is 16.5. The van der Waals surface area contributed by atoms with Gasteiger partial charge in [0.2, 0.25) is 0 Å². The Kier molecular flexibility index (Phi) is 5.08. The van der Waals surface area contributed by atoms with Crippen molar-refractivity contribution in [1.82, 2.24) is 5.32 Å². The number of rotatable bonds is 5. The molecule has 0 spiro atoms. The summed E-state index contributed by atoms with van der Waals surface area (Å²) in [7, 11) is 0. The molecule has 19 heavy (non-hydrogen) atoms. The summed E-state index contributed by atoms with van der Waals surface area (Å²) in [5, 5.41) is 3.58. The van der Waals surface area contributed by atoms with Gasteiger partial charge < -0.3 is 14.8 Å². The number of nitrogens with one attached hydrogen (secondary N) is 1. The Bertz CT molecular complexity index is 406. The second-order valence-electron chi connectivity index (χ2n) is 5.40. The first-order valence-electron chi connectivity index (χ1n) is 7.33. The molecular weight excluding hydrogens is 238 g/mol. The molecule has 0 radical (unpaired) electrons. The molecule has 0 amide bonds. The van der Waals surface area contributed by atoms with E-state index in [4.69, 9.17) is 9.47 Å². The summed E-state index contributed by atoms with van der Waals surface area (Å²) < 4.78 is 11.4. The van der Waals surface area contributed by atoms with Gasteiger partial charge in [0.05, 0.1) is 13.2 Å². The van der Waals surface area contributed by atoms with Crippen molar-refractivity contribution in [3.8, 4) is 11.5 Å². The van der Waals surface area contributed by atoms with Crippen molar-refractivity contribution < 1.29 is 9.47 Å². The van der Waals surface area contributed by atoms with Crippen molar-refractivity contribution in [3.63, 3.8) is 0 Å². The average Bonchev–Trinajstić information content (AvgIpc) is 2.68. The molecule has 1 aromatic carbocycles. The Morgan fingerprint density at radius 3 is 2.63 bits per heavy atom. The minimum absolute atomic E-state index is 0.339. The Labute approximate surface area is 116 Å². The van der Waals surface area contributed by atoms with E-state index in [-0.39, 0.29) is 0 Å². The topological polar surface area (TPSA) is 30.5 Å². The van der Waals surface area contributed by atoms with Crippen molar-refractivity contribution in [2.45, 2.75) is 39.7 Å². The summed E-state index contributed by atoms with van der Waals surface area (Å²) in [5.74, 6) is 2.46. The number of hydrogen-bond acceptors (Lipinski definition) is 3. The first-order chi connectivity index (χ1) is 9.20. The van der Waals surface area contributed by atoms with E-state index < -0.39 is 0 Å². The van der Waals surface area contributed by atoms with Crippen molar-refractivity contribution in [3.05, 3.63) is 23.8 Å². The summed E-state index contributed by atoms with van der Waals surface area (Å²) in [6.45, 7) is 9.23. The zero-order valence-electron chi connectivity index (χ0n) is 12.2. The van der Waals surface area contributed by atoms with Crippen molar-refractivity contribution in [2.24, 2.45) is 5.92 Å². The van der Waals surface area contributed by atoms with E-state index >= 15 is 0 Å². The molecule has 1 N–H and O–H groups in total. The summed E-state index contributed by atoms with van der Waals surface area (Å²) in [6, 6.07) is 6.60. The van der Waals surface area contributed by atoms with Gasteiger partial charge in [0.1, 0.15) is 0 Å². The minimum atomic E-state index is 0.339. The van der Waals surface area contributed by atoms with Gasteiger partial charge in [-0.05, 0) is 37.1 Å². The largest absolute Gasteiger partial charge is 0.490 e. The molecule has 3 nitrogen and oxygen atoms in total. The first kappa shape index (κ1) is 14.2. The monoisotopic (exact) mass is 263 g/mol. The molecule has 1 heterocycles. The van der Waals surface area contributed by atoms with E-state index in [0.717, 1.165) is 37.7 Å². The minimum Gasteiger partial charge on any atom is -0.490 e. The summed E-state index contributed by atoms with van der Waals surface area (Å²) >= 11 is 0. The Morgan fingerprint density at radius 1 is 1.16 bits per heavy atom. The molecule has 3 heteroatoms. The third kappa shape index (κ3) is 3.87. The predicted octanol–water partition coefficient (Wildman–Crippen LogP) is 3.54. The lowest BCUT2D eigenvalue weighted by Gasteiger charge is -2.18. The maximum absolute atomic E-state index is 5.73. The van der Waals surface area contributed by atoms with E-state index in [2.05, 4.69) is 38.2 Å². The molecule has 0 saturated carbocycles. The van der Waals surface area contributed by atoms with Gasteiger partial charge >= 0.3 is 0 Å². The molecular formula is C16H25NO2. The maximum atomic E-state index is 5.73. The molecule has 2 unspecified atom stereocenters. The van der Waals surface area contributed by atoms with Crippen LogP contribution >= 0.6 is 0 Å². The number of ether oxygens (including phenoxy) is 2. The van der Waals surface area contributed by atoms with Crippen LogP contribution in [0.1, 0.15) is 45.2 Å². The average molecular weight is 263 g/mol. The van der Waals surface area contributed by atoms with E-state index in [1.807, 2.05) is 6.07 Å². The van der Waals surface area contributed by atoms with Crippen molar-refractivity contribution in [2.75, 3.05) is 19.8 Å². The lowest BCUT2D eigenvalue weighted by atomic mass is 10.1. The fourth-order valence-corrected chi connectivity index (χ4v) is 2.09. The second-order valence-corrected chi connectivity index (χ2v) is 5.40. The van der Waals surface area contributed by atoms with E-state index in [1.54, 1.807) is 0 Å². The van der Waals surface area contributed by atoms with Gasteiger partial charge in [0, 0.05) is 12.5 Å². The Morgan fingerprint density at radius 2 is 1.89 bits per heavy atom. The zero-order chi connectivity index (χ0) is 13.7. The first-order valence-corrected chi connectivity index (χ1v) is 7.33. The smallest absolute Gasteiger partial charge is 0.161 e. The van der Waals surface area contributed by atoms with Crippen LogP contribution in [0, 0.1) is 5.92 Å². The van der Waals surface area contributed by atoms with Gasteiger partial charge in [0.25, 0.3) is 0 Å². The Balaban J connectivity index is 2.02. The van der Waals surface area contributed by atoms with Gasteiger partial charge in [0.15, 0.2) is 11.5 Å². The maximum Gasteiger partial charge on any atom is 0.161 e. The number of fused-ring (bicyclic) bond motifs is 1. The van der Waals surface area contributed by atoms with Crippen LogP contribution < -0.4 is 14.8 Å². The molecule has 0 fully saturated rings. The lowest BCUT2D eigenvalue weighted by Crippen LogP contribution is -2.24. The second kappa shape index (κ2) is 6.80. The highest BCUT2D eigenvalue weighted by molar-refractivity contribution is 5.44. The molecule has 0 aliphatic carbocycles. The fraction of sp³-hybridized carbons (Fsp3) is 0.625. The van der Waals surface area contributed by atoms with Crippen LogP contribution in [-0.4, -0.2) is 19.8 Å². The van der Waals surface area contributed by atoms with Crippen LogP contribution in [0.2, 0.25) is 0 Å². The number of benzene rings is 1. The van der Waals surface area contributed by atoms with Gasteiger partial charge in [-0.2, -0.15) is 0 Å². The highest BCUT2D eigenvalue weighted by Gasteiger charge is 2.13. The van der Waals surface area contributed by atoms with Gasteiger partial charge in [-0.1, -0.05) is 26.3 Å². The standard InChI is InChI=1S/C16H25NO2/c1-4-12(2)11-17-13(3)14-6-7-15-16(10-14)19-9-5-8-18-15/h6-7,10,12-13,17H,4-5,8-9,11H2,1-3H3. The molecule has 0 bridgehead atoms. The van der Waals surface area contributed by atoms with Crippen LogP contribution in [0.15, 0.2) is 18.2 Å². The zero-order valence-corrected chi connectivity index (χ0v) is 12.2. The fourth-order valence-electron chi connectivity index (χ4n) is 2.09. The van der Waals surface area contributed by atoms with Crippen LogP contribution in [0.4, 0.5) is 0 Å². The molecule has 1 aliphatic rings. The molecule has 2 rings (SSSR count). The summed E-state index contributed by atoms with van der Waals surface area (Å²) in [4.78, 5) is 0. The molecule has 0 aromatic heterocycles. The van der Waals surface area contributed by atoms with Crippen LogP contribution in [0.3, 0.4) is 0 Å². The van der Waals surface area contributed by atoms with Crippen LogP contribution in [0.25, 0.3) is 0 Å². The molecule has 2 atom stereocenters. The Hall–Kier alpha value is -1.22. The SMILES string of the molecule is CCC(C)CNC(C)c1ccc2c(c1)OCCCO2. The van der Waals surface area contributed by atoms with E-state index in [0.29, 0.717) is 12.0 Å². The molecule has 1 aliphatic heterocycles. The molecule has 106 valence electrons. The van der Waals surface area contributed by atoms with Crippen molar-refractivity contribution in [1.29, 1.82) is 0 Å². The summed E-state index contributed by atoms with van der Waals surface area (Å²) in [6.07, 6.45) is 2.16. The van der Waals surface area contributed by atoms with E-state index in [1.165, 1.54) is 12.0 Å². The predicted molar refractivity (Wildman–Crippen MR) is 77.9 cm³/mol. The number of hydrogen-bond donors (Lipinski definition) is 1. The van der Waals surface area contributed by atoms with E-state index in [9.17, 15) is 0 Å². The molecule has 1 aromatic rings. The van der Waals surface area contributed by atoms with Crippen molar-refractivity contribution >= 4 is 0 Å². The lowest BCUT2D eigenvalue weighted by molar-refractivity contribution is 0.297. The van der Waals surface area contributed by atoms with Gasteiger partial charge in [-0.3, -0.25) is 0 Å². The molecule has 0 saturated heterocycles. The third-order valence-electron chi connectivity index (χ3n) is 3.74. The van der Waals surface area contributed by atoms with Gasteiger partial charge in [-0.25, -0.2) is 0 Å². The summed E-state index contributed by atoms with van der Waals surface area (Å²) in [5.41, 5.74) is 1.26.